The minimum Gasteiger partial charge on any atom is -0.399 e. The van der Waals surface area contributed by atoms with Crippen LogP contribution in [0.25, 0.3) is 0 Å². The average Bonchev–Trinajstić information content (AvgIpc) is 3.25. The van der Waals surface area contributed by atoms with Crippen LogP contribution >= 0.6 is 24.0 Å². The fraction of sp³-hybridized carbons (Fsp3) is 0.294. The molecule has 1 aliphatic rings. The number of benzene rings is 2. The molecule has 2 N–H and O–H groups in total. The van der Waals surface area contributed by atoms with Gasteiger partial charge in [-0.25, -0.2) is 0 Å². The second-order valence-electron chi connectivity index (χ2n) is 5.51. The van der Waals surface area contributed by atoms with E-state index in [1.54, 1.807) is 0 Å². The van der Waals surface area contributed by atoms with Crippen molar-refractivity contribution < 1.29 is 0 Å². The number of nitrogen functional groups attached to an aromatic ring is 1. The first kappa shape index (κ1) is 16.2. The second-order valence-corrected chi connectivity index (χ2v) is 5.94. The summed E-state index contributed by atoms with van der Waals surface area (Å²) in [6, 6.07) is 17.0. The van der Waals surface area contributed by atoms with Gasteiger partial charge in [-0.1, -0.05) is 35.9 Å². The maximum atomic E-state index is 5.94. The van der Waals surface area contributed by atoms with Crippen LogP contribution in [0.5, 0.6) is 0 Å². The highest BCUT2D eigenvalue weighted by Crippen LogP contribution is 2.30. The summed E-state index contributed by atoms with van der Waals surface area (Å²) in [4.78, 5) is 2.53. The lowest BCUT2D eigenvalue weighted by Gasteiger charge is -2.22. The van der Waals surface area contributed by atoms with Crippen LogP contribution in [0.4, 0.5) is 5.69 Å². The maximum absolute atomic E-state index is 5.94. The zero-order valence-corrected chi connectivity index (χ0v) is 13.4. The van der Waals surface area contributed by atoms with Crippen molar-refractivity contribution in [2.75, 3.05) is 5.73 Å². The number of nitrogens with zero attached hydrogens (tertiary/aromatic N) is 1. The van der Waals surface area contributed by atoms with Crippen LogP contribution < -0.4 is 5.73 Å². The predicted molar refractivity (Wildman–Crippen MR) is 91.8 cm³/mol. The molecule has 2 aromatic carbocycles. The number of anilines is 1. The van der Waals surface area contributed by atoms with E-state index >= 15 is 0 Å². The van der Waals surface area contributed by atoms with Gasteiger partial charge in [0.1, 0.15) is 0 Å². The lowest BCUT2D eigenvalue weighted by molar-refractivity contribution is 0.246. The maximum Gasteiger partial charge on any atom is 0.0406 e. The number of hydrogen-bond donors (Lipinski definition) is 1. The van der Waals surface area contributed by atoms with Crippen LogP contribution in [0.3, 0.4) is 0 Å². The first-order valence-electron chi connectivity index (χ1n) is 7.03. The molecule has 4 heteroatoms. The normalized spacial score (nSPS) is 14.0. The molecule has 0 radical (unpaired) electrons. The van der Waals surface area contributed by atoms with Crippen molar-refractivity contribution in [3.05, 3.63) is 64.7 Å². The van der Waals surface area contributed by atoms with Crippen LogP contribution in [0.2, 0.25) is 5.02 Å². The van der Waals surface area contributed by atoms with Gasteiger partial charge in [-0.05, 0) is 48.2 Å². The summed E-state index contributed by atoms with van der Waals surface area (Å²) in [5.74, 6) is 0. The minimum absolute atomic E-state index is 0. The largest absolute Gasteiger partial charge is 0.399 e. The highest BCUT2D eigenvalue weighted by molar-refractivity contribution is 6.30. The Morgan fingerprint density at radius 2 is 1.67 bits per heavy atom. The zero-order chi connectivity index (χ0) is 13.9. The molecule has 0 amide bonds. The SMILES string of the molecule is Cl.Nc1cccc(CN(Cc2ccc(Cl)cc2)C2CC2)c1. The Bertz CT molecular complexity index is 580. The van der Waals surface area contributed by atoms with Crippen LogP contribution in [0, 0.1) is 0 Å². The highest BCUT2D eigenvalue weighted by atomic mass is 35.5. The van der Waals surface area contributed by atoms with Crippen LogP contribution in [-0.4, -0.2) is 10.9 Å². The van der Waals surface area contributed by atoms with Crippen molar-refractivity contribution >= 4 is 29.7 Å². The fourth-order valence-electron chi connectivity index (χ4n) is 2.50. The second kappa shape index (κ2) is 7.17. The molecule has 2 nitrogen and oxygen atoms in total. The molecule has 1 saturated carbocycles. The smallest absolute Gasteiger partial charge is 0.0406 e. The van der Waals surface area contributed by atoms with Crippen LogP contribution in [0.15, 0.2) is 48.5 Å². The number of nitrogens with two attached hydrogens (primary N) is 1. The van der Waals surface area contributed by atoms with Crippen molar-refractivity contribution in [3.63, 3.8) is 0 Å². The van der Waals surface area contributed by atoms with Crippen LogP contribution in [-0.2, 0) is 13.1 Å². The van der Waals surface area contributed by atoms with Gasteiger partial charge in [0.05, 0.1) is 0 Å². The van der Waals surface area contributed by atoms with E-state index in [1.807, 2.05) is 24.3 Å². The van der Waals surface area contributed by atoms with Crippen molar-refractivity contribution in [1.29, 1.82) is 0 Å². The lowest BCUT2D eigenvalue weighted by atomic mass is 10.1. The molecule has 0 spiro atoms. The molecule has 0 atom stereocenters. The van der Waals surface area contributed by atoms with Gasteiger partial charge >= 0.3 is 0 Å². The monoisotopic (exact) mass is 322 g/mol. The summed E-state index contributed by atoms with van der Waals surface area (Å²) < 4.78 is 0. The molecule has 3 rings (SSSR count). The Hall–Kier alpha value is -1.22. The van der Waals surface area contributed by atoms with E-state index in [4.69, 9.17) is 17.3 Å². The summed E-state index contributed by atoms with van der Waals surface area (Å²) >= 11 is 5.94. The molecule has 2 aromatic rings. The minimum atomic E-state index is 0. The standard InChI is InChI=1S/C17H19ClN2.ClH/c18-15-6-4-13(5-7-15)11-20(17-8-9-17)12-14-2-1-3-16(19)10-14;/h1-7,10,17H,8-9,11-12,19H2;1H. The molecular weight excluding hydrogens is 303 g/mol. The van der Waals surface area contributed by atoms with E-state index in [9.17, 15) is 0 Å². The van der Waals surface area contributed by atoms with E-state index in [-0.39, 0.29) is 12.4 Å². The van der Waals surface area contributed by atoms with Gasteiger partial charge in [0, 0.05) is 29.8 Å². The average molecular weight is 323 g/mol. The molecule has 0 unspecified atom stereocenters. The third kappa shape index (κ3) is 4.63. The Kier molecular flexibility index (Phi) is 5.51. The van der Waals surface area contributed by atoms with Gasteiger partial charge in [0.15, 0.2) is 0 Å². The van der Waals surface area contributed by atoms with Gasteiger partial charge in [-0.15, -0.1) is 12.4 Å². The topological polar surface area (TPSA) is 29.3 Å². The quantitative estimate of drug-likeness (QED) is 0.821. The van der Waals surface area contributed by atoms with E-state index in [0.29, 0.717) is 6.04 Å². The van der Waals surface area contributed by atoms with Crippen molar-refractivity contribution in [3.8, 4) is 0 Å². The Balaban J connectivity index is 0.00000161. The molecular formula is C17H20Cl2N2. The van der Waals surface area contributed by atoms with Gasteiger partial charge in [0.25, 0.3) is 0 Å². The molecule has 0 aromatic heterocycles. The van der Waals surface area contributed by atoms with Crippen LogP contribution in [0.1, 0.15) is 24.0 Å². The molecule has 21 heavy (non-hydrogen) atoms. The number of rotatable bonds is 5. The summed E-state index contributed by atoms with van der Waals surface area (Å²) in [6.07, 6.45) is 2.60. The fourth-order valence-corrected chi connectivity index (χ4v) is 2.63. The molecule has 0 heterocycles. The van der Waals surface area contributed by atoms with Crippen molar-refractivity contribution in [2.24, 2.45) is 0 Å². The first-order valence-corrected chi connectivity index (χ1v) is 7.41. The summed E-state index contributed by atoms with van der Waals surface area (Å²) in [7, 11) is 0. The molecule has 1 aliphatic carbocycles. The van der Waals surface area contributed by atoms with Crippen molar-refractivity contribution in [1.82, 2.24) is 4.90 Å². The lowest BCUT2D eigenvalue weighted by Crippen LogP contribution is -2.25. The van der Waals surface area contributed by atoms with Gasteiger partial charge in [-0.2, -0.15) is 0 Å². The number of halogens is 2. The highest BCUT2D eigenvalue weighted by Gasteiger charge is 2.28. The third-order valence-corrected chi connectivity index (χ3v) is 3.95. The Morgan fingerprint density at radius 1 is 1.00 bits per heavy atom. The predicted octanol–water partition coefficient (Wildman–Crippen LogP) is 4.51. The Morgan fingerprint density at radius 3 is 2.29 bits per heavy atom. The summed E-state index contributed by atoms with van der Waals surface area (Å²) in [5.41, 5.74) is 9.29. The van der Waals surface area contributed by atoms with Gasteiger partial charge in [0.2, 0.25) is 0 Å². The zero-order valence-electron chi connectivity index (χ0n) is 11.8. The van der Waals surface area contributed by atoms with E-state index in [0.717, 1.165) is 23.8 Å². The van der Waals surface area contributed by atoms with E-state index in [2.05, 4.69) is 29.2 Å². The molecule has 0 bridgehead atoms. The summed E-state index contributed by atoms with van der Waals surface area (Å²) in [6.45, 7) is 1.93. The third-order valence-electron chi connectivity index (χ3n) is 3.70. The van der Waals surface area contributed by atoms with E-state index in [1.165, 1.54) is 24.0 Å². The van der Waals surface area contributed by atoms with Gasteiger partial charge < -0.3 is 5.73 Å². The summed E-state index contributed by atoms with van der Waals surface area (Å²) in [5, 5.41) is 0.794. The van der Waals surface area contributed by atoms with Crippen molar-refractivity contribution in [2.45, 2.75) is 32.0 Å². The van der Waals surface area contributed by atoms with E-state index < -0.39 is 0 Å². The first-order chi connectivity index (χ1) is 9.70. The van der Waals surface area contributed by atoms with Gasteiger partial charge in [-0.3, -0.25) is 4.90 Å². The molecule has 1 fully saturated rings. The number of hydrogen-bond acceptors (Lipinski definition) is 2. The Labute approximate surface area is 137 Å². The molecule has 0 saturated heterocycles. The molecule has 0 aliphatic heterocycles. The molecule has 112 valence electrons.